The van der Waals surface area contributed by atoms with Crippen molar-refractivity contribution in [3.63, 3.8) is 0 Å². The summed E-state index contributed by atoms with van der Waals surface area (Å²) in [5.41, 5.74) is -0.415. The molecule has 3 aromatic heterocycles. The lowest BCUT2D eigenvalue weighted by atomic mass is 10.2. The molecule has 0 radical (unpaired) electrons. The van der Waals surface area contributed by atoms with E-state index in [0.717, 1.165) is 4.57 Å². The molecule has 12 heteroatoms. The number of nitrogens with one attached hydrogen (secondary N) is 1. The van der Waals surface area contributed by atoms with Gasteiger partial charge in [0.05, 0.1) is 5.69 Å². The molecule has 2 amide bonds. The third-order valence-electron chi connectivity index (χ3n) is 5.47. The quantitative estimate of drug-likeness (QED) is 0.583. The Morgan fingerprint density at radius 2 is 1.91 bits per heavy atom. The van der Waals surface area contributed by atoms with Crippen LogP contribution in [0.1, 0.15) is 12.7 Å². The Morgan fingerprint density at radius 3 is 2.53 bits per heavy atom. The highest BCUT2D eigenvalue weighted by atomic mass is 16.5. The van der Waals surface area contributed by atoms with E-state index in [2.05, 4.69) is 15.5 Å². The van der Waals surface area contributed by atoms with Gasteiger partial charge in [-0.05, 0) is 13.0 Å². The minimum absolute atomic E-state index is 0.00214. The number of nitrogens with zero attached hydrogens (tertiary/aromatic N) is 6. The predicted octanol–water partition coefficient (Wildman–Crippen LogP) is -0.301. The Kier molecular flexibility index (Phi) is 5.51. The van der Waals surface area contributed by atoms with Crippen molar-refractivity contribution in [1.29, 1.82) is 0 Å². The number of hydrogen-bond donors (Lipinski definition) is 1. The summed E-state index contributed by atoms with van der Waals surface area (Å²) < 4.78 is 7.03. The molecule has 4 rings (SSSR count). The number of piperazine rings is 1. The van der Waals surface area contributed by atoms with Gasteiger partial charge < -0.3 is 19.6 Å². The van der Waals surface area contributed by atoms with Crippen molar-refractivity contribution in [3.8, 4) is 0 Å². The summed E-state index contributed by atoms with van der Waals surface area (Å²) in [7, 11) is 1.50. The van der Waals surface area contributed by atoms with Gasteiger partial charge >= 0.3 is 5.69 Å². The van der Waals surface area contributed by atoms with Crippen molar-refractivity contribution in [1.82, 2.24) is 24.2 Å². The van der Waals surface area contributed by atoms with Crippen LogP contribution in [-0.2, 0) is 23.2 Å². The zero-order valence-corrected chi connectivity index (χ0v) is 18.0. The van der Waals surface area contributed by atoms with E-state index in [1.165, 1.54) is 30.8 Å². The summed E-state index contributed by atoms with van der Waals surface area (Å²) in [6.07, 6.45) is 1.54. The second kappa shape index (κ2) is 8.29. The van der Waals surface area contributed by atoms with Crippen molar-refractivity contribution in [2.75, 3.05) is 36.4 Å². The normalized spacial score (nSPS) is 14.1. The van der Waals surface area contributed by atoms with Crippen LogP contribution in [0.5, 0.6) is 0 Å². The first-order chi connectivity index (χ1) is 15.3. The Labute approximate surface area is 182 Å². The van der Waals surface area contributed by atoms with Crippen molar-refractivity contribution in [2.24, 2.45) is 7.05 Å². The molecular weight excluding hydrogens is 418 g/mol. The molecule has 0 unspecified atom stereocenters. The number of fused-ring (bicyclic) bond motifs is 1. The van der Waals surface area contributed by atoms with Crippen LogP contribution >= 0.6 is 0 Å². The molecule has 0 aromatic carbocycles. The molecule has 1 aliphatic rings. The Hall–Kier alpha value is -3.96. The standard InChI is InChI=1S/C20H23N7O5/c1-12-10-15(23-32-12)22-16(29)11-27-19(30)17-14(4-5-21-18(17)24(3)20(27)31)26-8-6-25(7-9-26)13(2)28/h4-5,10H,6-9,11H2,1-3H3,(H,22,23,29). The van der Waals surface area contributed by atoms with Crippen LogP contribution in [-0.4, -0.2) is 62.2 Å². The molecular formula is C20H23N7O5. The number of amides is 2. The van der Waals surface area contributed by atoms with Gasteiger partial charge in [0.15, 0.2) is 11.5 Å². The van der Waals surface area contributed by atoms with Crippen LogP contribution in [0, 0.1) is 6.92 Å². The first kappa shape index (κ1) is 21.3. The van der Waals surface area contributed by atoms with Gasteiger partial charge in [-0.15, -0.1) is 0 Å². The molecule has 1 N–H and O–H groups in total. The van der Waals surface area contributed by atoms with Crippen LogP contribution in [0.3, 0.4) is 0 Å². The number of carbonyl (C=O) groups is 2. The summed E-state index contributed by atoms with van der Waals surface area (Å²) in [5, 5.41) is 6.44. The summed E-state index contributed by atoms with van der Waals surface area (Å²) in [6.45, 7) is 4.84. The van der Waals surface area contributed by atoms with Crippen molar-refractivity contribution >= 4 is 34.4 Å². The Balaban J connectivity index is 1.71. The number of hydrogen-bond acceptors (Lipinski definition) is 8. The van der Waals surface area contributed by atoms with Crippen LogP contribution < -0.4 is 21.5 Å². The summed E-state index contributed by atoms with van der Waals surface area (Å²) in [4.78, 5) is 58.2. The number of carbonyl (C=O) groups excluding carboxylic acids is 2. The van der Waals surface area contributed by atoms with E-state index in [1.807, 2.05) is 4.90 Å². The highest BCUT2D eigenvalue weighted by molar-refractivity contribution is 5.91. The highest BCUT2D eigenvalue weighted by Gasteiger charge is 2.24. The van der Waals surface area contributed by atoms with Crippen molar-refractivity contribution in [3.05, 3.63) is 44.9 Å². The number of rotatable bonds is 4. The molecule has 1 fully saturated rings. The summed E-state index contributed by atoms with van der Waals surface area (Å²) in [6, 6.07) is 3.24. The highest BCUT2D eigenvalue weighted by Crippen LogP contribution is 2.23. The Morgan fingerprint density at radius 1 is 1.19 bits per heavy atom. The van der Waals surface area contributed by atoms with E-state index >= 15 is 0 Å². The van der Waals surface area contributed by atoms with Gasteiger partial charge in [0, 0.05) is 52.4 Å². The minimum atomic E-state index is -0.653. The molecule has 1 aliphatic heterocycles. The summed E-state index contributed by atoms with van der Waals surface area (Å²) in [5.74, 6) is 0.128. The molecule has 0 spiro atoms. The molecule has 0 bridgehead atoms. The molecule has 1 saturated heterocycles. The van der Waals surface area contributed by atoms with Gasteiger partial charge in [-0.1, -0.05) is 5.16 Å². The predicted molar refractivity (Wildman–Crippen MR) is 116 cm³/mol. The van der Waals surface area contributed by atoms with Crippen LogP contribution in [0.4, 0.5) is 11.5 Å². The van der Waals surface area contributed by atoms with E-state index in [4.69, 9.17) is 4.52 Å². The fraction of sp³-hybridized carbons (Fsp3) is 0.400. The number of aromatic nitrogens is 4. The average molecular weight is 441 g/mol. The molecule has 0 aliphatic carbocycles. The summed E-state index contributed by atoms with van der Waals surface area (Å²) >= 11 is 0. The van der Waals surface area contributed by atoms with Gasteiger partial charge in [-0.25, -0.2) is 9.78 Å². The maximum absolute atomic E-state index is 13.3. The van der Waals surface area contributed by atoms with Gasteiger partial charge in [-0.2, -0.15) is 0 Å². The molecule has 3 aromatic rings. The van der Waals surface area contributed by atoms with Crippen LogP contribution in [0.2, 0.25) is 0 Å². The largest absolute Gasteiger partial charge is 0.367 e. The molecule has 4 heterocycles. The maximum atomic E-state index is 13.3. The minimum Gasteiger partial charge on any atom is -0.367 e. The van der Waals surface area contributed by atoms with Crippen molar-refractivity contribution in [2.45, 2.75) is 20.4 Å². The van der Waals surface area contributed by atoms with E-state index in [-0.39, 0.29) is 22.8 Å². The lowest BCUT2D eigenvalue weighted by molar-refractivity contribution is -0.129. The monoisotopic (exact) mass is 441 g/mol. The van der Waals surface area contributed by atoms with E-state index in [9.17, 15) is 19.2 Å². The first-order valence-corrected chi connectivity index (χ1v) is 10.1. The number of aryl methyl sites for hydroxylation is 2. The zero-order chi connectivity index (χ0) is 23.0. The van der Waals surface area contributed by atoms with Gasteiger partial charge in [0.1, 0.15) is 17.7 Å². The van der Waals surface area contributed by atoms with Gasteiger partial charge in [-0.3, -0.25) is 23.5 Å². The smallest absolute Gasteiger partial charge is 0.332 e. The number of anilines is 2. The average Bonchev–Trinajstić information content (AvgIpc) is 3.19. The lowest BCUT2D eigenvalue weighted by Crippen LogP contribution is -2.49. The zero-order valence-electron chi connectivity index (χ0n) is 18.0. The molecule has 32 heavy (non-hydrogen) atoms. The molecule has 168 valence electrons. The first-order valence-electron chi connectivity index (χ1n) is 10.1. The SMILES string of the molecule is CC(=O)N1CCN(c2ccnc3c2c(=O)n(CC(=O)Nc2cc(C)on2)c(=O)n3C)CC1. The third kappa shape index (κ3) is 3.86. The number of pyridine rings is 1. The molecule has 12 nitrogen and oxygen atoms in total. The third-order valence-corrected chi connectivity index (χ3v) is 5.47. The topological polar surface area (TPSA) is 136 Å². The van der Waals surface area contributed by atoms with Gasteiger partial charge in [0.25, 0.3) is 5.56 Å². The van der Waals surface area contributed by atoms with Crippen LogP contribution in [0.25, 0.3) is 11.0 Å². The lowest BCUT2D eigenvalue weighted by Gasteiger charge is -2.36. The fourth-order valence-electron chi connectivity index (χ4n) is 3.81. The molecule has 0 atom stereocenters. The molecule has 0 saturated carbocycles. The fourth-order valence-corrected chi connectivity index (χ4v) is 3.81. The van der Waals surface area contributed by atoms with Crippen LogP contribution in [0.15, 0.2) is 32.4 Å². The Bertz CT molecular complexity index is 1310. The van der Waals surface area contributed by atoms with E-state index in [0.29, 0.717) is 37.6 Å². The van der Waals surface area contributed by atoms with Gasteiger partial charge in [0.2, 0.25) is 11.8 Å². The van der Waals surface area contributed by atoms with E-state index in [1.54, 1.807) is 17.9 Å². The maximum Gasteiger partial charge on any atom is 0.332 e. The van der Waals surface area contributed by atoms with E-state index < -0.39 is 23.7 Å². The van der Waals surface area contributed by atoms with Crippen molar-refractivity contribution < 1.29 is 14.1 Å². The second-order valence-electron chi connectivity index (χ2n) is 7.63. The second-order valence-corrected chi connectivity index (χ2v) is 7.63.